The highest BCUT2D eigenvalue weighted by Gasteiger charge is 2.32. The van der Waals surface area contributed by atoms with Crippen LogP contribution in [0.1, 0.15) is 34.5 Å². The summed E-state index contributed by atoms with van der Waals surface area (Å²) in [5.41, 5.74) is 3.03. The molecule has 0 saturated carbocycles. The number of piperazine rings is 1. The lowest BCUT2D eigenvalue weighted by atomic mass is 9.99. The van der Waals surface area contributed by atoms with Gasteiger partial charge in [-0.2, -0.15) is 5.10 Å². The highest BCUT2D eigenvalue weighted by Crippen LogP contribution is 2.31. The maximum Gasteiger partial charge on any atom is 0.258 e. The number of anilines is 3. The minimum absolute atomic E-state index is 0.0189. The molecule has 2 aromatic carbocycles. The summed E-state index contributed by atoms with van der Waals surface area (Å²) in [6.45, 7) is 5.02. The molecule has 3 aliphatic heterocycles. The lowest BCUT2D eigenvalue weighted by Crippen LogP contribution is -2.44. The highest BCUT2D eigenvalue weighted by molar-refractivity contribution is 7.89. The Morgan fingerprint density at radius 1 is 1.02 bits per heavy atom. The molecule has 3 aliphatic rings. The van der Waals surface area contributed by atoms with Gasteiger partial charge in [-0.05, 0) is 38.1 Å². The molecule has 2 saturated heterocycles. The van der Waals surface area contributed by atoms with Crippen LogP contribution >= 0.6 is 0 Å². The number of hydrogen-bond acceptors (Lipinski definition) is 8. The van der Waals surface area contributed by atoms with Crippen LogP contribution < -0.4 is 15.5 Å². The van der Waals surface area contributed by atoms with E-state index in [1.54, 1.807) is 10.4 Å². The van der Waals surface area contributed by atoms with E-state index in [0.717, 1.165) is 55.8 Å². The third-order valence-electron chi connectivity index (χ3n) is 8.37. The molecule has 3 aromatic rings. The Morgan fingerprint density at radius 2 is 1.75 bits per heavy atom. The van der Waals surface area contributed by atoms with E-state index in [9.17, 15) is 22.9 Å². The Balaban J connectivity index is 1.22. The molecule has 0 bridgehead atoms. The predicted molar refractivity (Wildman–Crippen MR) is 162 cm³/mol. The van der Waals surface area contributed by atoms with Crippen molar-refractivity contribution in [3.05, 3.63) is 64.9 Å². The summed E-state index contributed by atoms with van der Waals surface area (Å²) in [5.74, 6) is -2.16. The van der Waals surface area contributed by atoms with Gasteiger partial charge in [0, 0.05) is 86.9 Å². The molecule has 6 rings (SSSR count). The molecule has 0 radical (unpaired) electrons. The van der Waals surface area contributed by atoms with Crippen molar-refractivity contribution < 1.29 is 27.7 Å². The van der Waals surface area contributed by atoms with Crippen molar-refractivity contribution >= 4 is 40.4 Å². The average Bonchev–Trinajstić information content (AvgIpc) is 3.42. The first-order valence-electron chi connectivity index (χ1n) is 14.7. The van der Waals surface area contributed by atoms with E-state index in [0.29, 0.717) is 50.3 Å². The van der Waals surface area contributed by atoms with Gasteiger partial charge in [0.2, 0.25) is 5.91 Å². The number of amides is 2. The molecule has 14 heteroatoms. The van der Waals surface area contributed by atoms with Crippen LogP contribution in [-0.4, -0.2) is 88.8 Å². The van der Waals surface area contributed by atoms with Crippen molar-refractivity contribution in [3.8, 4) is 0 Å². The summed E-state index contributed by atoms with van der Waals surface area (Å²) >= 11 is -1.82. The zero-order chi connectivity index (χ0) is 30.8. The van der Waals surface area contributed by atoms with Gasteiger partial charge in [0.25, 0.3) is 5.91 Å². The number of nitrogens with zero attached hydrogens (tertiary/aromatic N) is 4. The minimum Gasteiger partial charge on any atom is -0.593 e. The Labute approximate surface area is 257 Å². The first kappa shape index (κ1) is 30.5. The van der Waals surface area contributed by atoms with Gasteiger partial charge in [-0.25, -0.2) is 8.78 Å². The summed E-state index contributed by atoms with van der Waals surface area (Å²) in [6, 6.07) is 8.27. The van der Waals surface area contributed by atoms with Crippen LogP contribution in [0.5, 0.6) is 0 Å². The largest absolute Gasteiger partial charge is 0.593 e. The fourth-order valence-corrected chi connectivity index (χ4v) is 6.99. The van der Waals surface area contributed by atoms with Gasteiger partial charge in [-0.3, -0.25) is 14.7 Å². The highest BCUT2D eigenvalue weighted by atomic mass is 32.2. The van der Waals surface area contributed by atoms with Crippen LogP contribution in [0.2, 0.25) is 0 Å². The van der Waals surface area contributed by atoms with E-state index in [-0.39, 0.29) is 34.6 Å². The van der Waals surface area contributed by atoms with E-state index in [1.165, 1.54) is 0 Å². The molecule has 1 atom stereocenters. The zero-order valence-electron chi connectivity index (χ0n) is 24.4. The molecule has 44 heavy (non-hydrogen) atoms. The zero-order valence-corrected chi connectivity index (χ0v) is 25.2. The van der Waals surface area contributed by atoms with E-state index >= 15 is 0 Å². The molecule has 0 aliphatic carbocycles. The predicted octanol–water partition coefficient (Wildman–Crippen LogP) is 3.14. The number of carbonyl (C=O) groups is 2. The number of H-pyrrole nitrogens is 1. The van der Waals surface area contributed by atoms with E-state index in [2.05, 4.69) is 37.7 Å². The number of aromatic nitrogens is 2. The summed E-state index contributed by atoms with van der Waals surface area (Å²) < 4.78 is 47.7. The van der Waals surface area contributed by atoms with Crippen molar-refractivity contribution in [2.24, 2.45) is 5.92 Å². The number of halogens is 2. The Hall–Kier alpha value is -3.56. The van der Waals surface area contributed by atoms with Crippen molar-refractivity contribution in [3.63, 3.8) is 0 Å². The molecule has 11 nitrogen and oxygen atoms in total. The molecule has 0 spiro atoms. The lowest BCUT2D eigenvalue weighted by molar-refractivity contribution is -0.122. The minimum atomic E-state index is -1.82. The number of benzene rings is 2. The normalized spacial score (nSPS) is 19.0. The SMILES string of the molecule is CN1CCN(c2ccc(C(=O)Nc3n[nH]c4c3CN([S+]([O-])c3cc(F)cc(F)c3)CC4)c(NC(=O)C3CCOCC3)c2)CC1. The van der Waals surface area contributed by atoms with E-state index < -0.39 is 28.9 Å². The van der Waals surface area contributed by atoms with Crippen LogP contribution in [0.15, 0.2) is 41.3 Å². The Bertz CT molecular complexity index is 1500. The van der Waals surface area contributed by atoms with E-state index in [1.807, 2.05) is 12.1 Å². The standard InChI is InChI=1S/C30H35F2N7O4S/c1-37-8-10-38(11-9-37)22-2-3-24(27(17-22)33-29(40)19-5-12-43-13-6-19)30(41)34-28-25-18-39(7-4-26(25)35-36-28)44(42)23-15-20(31)14-21(32)16-23/h2-3,14-17,19H,4-13,18H2,1H3,(H,33,40)(H2,34,35,36,41). The smallest absolute Gasteiger partial charge is 0.258 e. The van der Waals surface area contributed by atoms with Crippen molar-refractivity contribution in [1.82, 2.24) is 19.4 Å². The van der Waals surface area contributed by atoms with Gasteiger partial charge in [0.15, 0.2) is 10.7 Å². The molecular weight excluding hydrogens is 592 g/mol. The van der Waals surface area contributed by atoms with Crippen molar-refractivity contribution in [2.75, 3.05) is 68.5 Å². The number of carbonyl (C=O) groups excluding carboxylic acids is 2. The van der Waals surface area contributed by atoms with Gasteiger partial charge in [0.05, 0.1) is 35.7 Å². The summed E-state index contributed by atoms with van der Waals surface area (Å²) in [4.78, 5) is 31.4. The first-order valence-corrected chi connectivity index (χ1v) is 15.8. The maximum atomic E-state index is 13.8. The number of ether oxygens (including phenoxy) is 1. The van der Waals surface area contributed by atoms with Gasteiger partial charge in [-0.1, -0.05) is 0 Å². The second-order valence-electron chi connectivity index (χ2n) is 11.3. The second kappa shape index (κ2) is 13.2. The van der Waals surface area contributed by atoms with Crippen LogP contribution in [0.4, 0.5) is 26.0 Å². The fraction of sp³-hybridized carbons (Fsp3) is 0.433. The molecule has 3 N–H and O–H groups in total. The Morgan fingerprint density at radius 3 is 2.48 bits per heavy atom. The molecule has 2 amide bonds. The molecule has 234 valence electrons. The van der Waals surface area contributed by atoms with Gasteiger partial charge in [0.1, 0.15) is 11.6 Å². The van der Waals surface area contributed by atoms with Gasteiger partial charge < -0.3 is 29.7 Å². The average molecular weight is 628 g/mol. The Kier molecular flexibility index (Phi) is 9.14. The van der Waals surface area contributed by atoms with E-state index in [4.69, 9.17) is 4.74 Å². The summed E-state index contributed by atoms with van der Waals surface area (Å²) in [6.07, 6.45) is 1.68. The first-order chi connectivity index (χ1) is 21.2. The monoisotopic (exact) mass is 627 g/mol. The van der Waals surface area contributed by atoms with Crippen molar-refractivity contribution in [2.45, 2.75) is 30.7 Å². The number of fused-ring (bicyclic) bond motifs is 1. The number of rotatable bonds is 7. The summed E-state index contributed by atoms with van der Waals surface area (Å²) in [7, 11) is 2.08. The third-order valence-corrected chi connectivity index (χ3v) is 9.79. The van der Waals surface area contributed by atoms with Crippen molar-refractivity contribution in [1.29, 1.82) is 0 Å². The molecular formula is C30H35F2N7O4S. The molecule has 2 fully saturated rings. The topological polar surface area (TPSA) is 129 Å². The summed E-state index contributed by atoms with van der Waals surface area (Å²) in [5, 5.41) is 13.1. The lowest BCUT2D eigenvalue weighted by Gasteiger charge is -2.34. The van der Waals surface area contributed by atoms with Gasteiger partial charge in [-0.15, -0.1) is 4.31 Å². The quantitative estimate of drug-likeness (QED) is 0.341. The molecule has 1 unspecified atom stereocenters. The second-order valence-corrected chi connectivity index (χ2v) is 12.8. The molecule has 4 heterocycles. The van der Waals surface area contributed by atoms with Crippen LogP contribution in [0.25, 0.3) is 0 Å². The number of hydrogen-bond donors (Lipinski definition) is 3. The number of nitrogens with one attached hydrogen (secondary N) is 3. The van der Waals surface area contributed by atoms with Gasteiger partial charge >= 0.3 is 0 Å². The fourth-order valence-electron chi connectivity index (χ4n) is 5.76. The van der Waals surface area contributed by atoms with Crippen LogP contribution in [0.3, 0.4) is 0 Å². The third kappa shape index (κ3) is 6.74. The van der Waals surface area contributed by atoms with Crippen LogP contribution in [-0.2, 0) is 33.9 Å². The molecule has 1 aromatic heterocycles. The number of aromatic amines is 1. The van der Waals surface area contributed by atoms with Crippen LogP contribution in [0, 0.1) is 17.6 Å². The number of likely N-dealkylation sites (N-methyl/N-ethyl adjacent to an activating group) is 1. The maximum absolute atomic E-state index is 13.8.